The molecule has 0 bridgehead atoms. The van der Waals surface area contributed by atoms with E-state index in [4.69, 9.17) is 0 Å². The molecule has 1 aliphatic heterocycles. The summed E-state index contributed by atoms with van der Waals surface area (Å²) in [4.78, 5) is 4.25. The summed E-state index contributed by atoms with van der Waals surface area (Å²) in [6.45, 7) is 0. The topological polar surface area (TPSA) is 44.6 Å². The van der Waals surface area contributed by atoms with Crippen LogP contribution in [0.2, 0.25) is 0 Å². The summed E-state index contributed by atoms with van der Waals surface area (Å²) in [6, 6.07) is 10.1. The molecule has 1 aliphatic rings. The molecule has 3 heteroatoms. The lowest BCUT2D eigenvalue weighted by atomic mass is 10.0. The summed E-state index contributed by atoms with van der Waals surface area (Å²) >= 11 is 0. The first kappa shape index (κ1) is 8.26. The van der Waals surface area contributed by atoms with Crippen LogP contribution in [0, 0.1) is 0 Å². The number of aliphatic hydroxyl groups is 1. The first-order valence-electron chi connectivity index (χ1n) is 4.37. The standard InChI is InChI=1S/C10H12N2O/c13-10-6-9(11-7-12-10)8-4-2-1-3-5-8/h1-5,7,9-10,13H,6H2,(H,11,12). The van der Waals surface area contributed by atoms with Crippen molar-refractivity contribution < 1.29 is 5.11 Å². The fourth-order valence-corrected chi connectivity index (χ4v) is 1.46. The molecule has 0 amide bonds. The van der Waals surface area contributed by atoms with Crippen LogP contribution in [0.15, 0.2) is 35.3 Å². The Kier molecular flexibility index (Phi) is 2.27. The summed E-state index contributed by atoms with van der Waals surface area (Å²) < 4.78 is 0. The third-order valence-electron chi connectivity index (χ3n) is 2.15. The minimum atomic E-state index is -0.470. The molecule has 2 atom stereocenters. The zero-order valence-electron chi connectivity index (χ0n) is 7.22. The lowest BCUT2D eigenvalue weighted by Gasteiger charge is -2.21. The van der Waals surface area contributed by atoms with Crippen LogP contribution in [0.3, 0.4) is 0 Å². The van der Waals surface area contributed by atoms with Crippen LogP contribution >= 0.6 is 0 Å². The Morgan fingerprint density at radius 2 is 2.08 bits per heavy atom. The van der Waals surface area contributed by atoms with Crippen molar-refractivity contribution in [2.24, 2.45) is 4.99 Å². The second-order valence-corrected chi connectivity index (χ2v) is 3.12. The van der Waals surface area contributed by atoms with E-state index in [1.807, 2.05) is 30.3 Å². The molecule has 2 unspecified atom stereocenters. The van der Waals surface area contributed by atoms with Crippen molar-refractivity contribution >= 4 is 6.34 Å². The average Bonchev–Trinajstić information content (AvgIpc) is 2.19. The molecular formula is C10H12N2O. The molecule has 1 aromatic carbocycles. The molecule has 13 heavy (non-hydrogen) atoms. The fourth-order valence-electron chi connectivity index (χ4n) is 1.46. The number of hydrogen-bond donors (Lipinski definition) is 2. The van der Waals surface area contributed by atoms with Crippen molar-refractivity contribution in [1.29, 1.82) is 0 Å². The zero-order chi connectivity index (χ0) is 9.10. The van der Waals surface area contributed by atoms with E-state index < -0.39 is 6.23 Å². The van der Waals surface area contributed by atoms with E-state index in [-0.39, 0.29) is 6.04 Å². The molecule has 1 heterocycles. The van der Waals surface area contributed by atoms with Crippen LogP contribution in [0.1, 0.15) is 18.0 Å². The SMILES string of the molecule is OC1CC(c2ccccc2)N=CN1. The number of nitrogens with one attached hydrogen (secondary N) is 1. The second-order valence-electron chi connectivity index (χ2n) is 3.12. The summed E-state index contributed by atoms with van der Waals surface area (Å²) in [5.74, 6) is 0. The lowest BCUT2D eigenvalue weighted by molar-refractivity contribution is 0.136. The highest BCUT2D eigenvalue weighted by atomic mass is 16.3. The quantitative estimate of drug-likeness (QED) is 0.672. The van der Waals surface area contributed by atoms with Crippen LogP contribution in [-0.4, -0.2) is 17.7 Å². The zero-order valence-corrected chi connectivity index (χ0v) is 7.22. The van der Waals surface area contributed by atoms with Gasteiger partial charge in [-0.3, -0.25) is 4.99 Å². The van der Waals surface area contributed by atoms with Gasteiger partial charge in [0, 0.05) is 6.42 Å². The Labute approximate surface area is 77.1 Å². The highest BCUT2D eigenvalue weighted by Crippen LogP contribution is 2.23. The molecule has 1 aromatic rings. The first-order valence-corrected chi connectivity index (χ1v) is 4.37. The molecule has 0 fully saturated rings. The van der Waals surface area contributed by atoms with Gasteiger partial charge in [-0.25, -0.2) is 0 Å². The predicted octanol–water partition coefficient (Wildman–Crippen LogP) is 1.07. The van der Waals surface area contributed by atoms with Crippen LogP contribution in [0.5, 0.6) is 0 Å². The van der Waals surface area contributed by atoms with Gasteiger partial charge in [-0.05, 0) is 5.56 Å². The van der Waals surface area contributed by atoms with Gasteiger partial charge in [-0.15, -0.1) is 0 Å². The highest BCUT2D eigenvalue weighted by Gasteiger charge is 2.17. The number of rotatable bonds is 1. The number of aliphatic hydroxyl groups excluding tert-OH is 1. The van der Waals surface area contributed by atoms with Gasteiger partial charge >= 0.3 is 0 Å². The second kappa shape index (κ2) is 3.58. The molecule has 0 saturated heterocycles. The average molecular weight is 176 g/mol. The maximum absolute atomic E-state index is 9.34. The Hall–Kier alpha value is -1.35. The molecule has 68 valence electrons. The van der Waals surface area contributed by atoms with E-state index >= 15 is 0 Å². The summed E-state index contributed by atoms with van der Waals surface area (Å²) in [5.41, 5.74) is 1.15. The normalized spacial score (nSPS) is 26.8. The third kappa shape index (κ3) is 1.87. The van der Waals surface area contributed by atoms with Crippen molar-refractivity contribution in [2.45, 2.75) is 18.7 Å². The van der Waals surface area contributed by atoms with Gasteiger partial charge in [0.15, 0.2) is 0 Å². The fraction of sp³-hybridized carbons (Fsp3) is 0.300. The van der Waals surface area contributed by atoms with E-state index in [9.17, 15) is 5.11 Å². The van der Waals surface area contributed by atoms with Crippen molar-refractivity contribution in [1.82, 2.24) is 5.32 Å². The first-order chi connectivity index (χ1) is 6.36. The Morgan fingerprint density at radius 3 is 2.77 bits per heavy atom. The van der Waals surface area contributed by atoms with Gasteiger partial charge in [-0.2, -0.15) is 0 Å². The molecule has 0 aromatic heterocycles. The maximum atomic E-state index is 9.34. The van der Waals surface area contributed by atoms with Crippen molar-refractivity contribution in [3.05, 3.63) is 35.9 Å². The number of aliphatic imine (C=N–C) groups is 1. The summed E-state index contributed by atoms with van der Waals surface area (Å²) in [5, 5.41) is 12.1. The lowest BCUT2D eigenvalue weighted by Crippen LogP contribution is -2.32. The van der Waals surface area contributed by atoms with Gasteiger partial charge < -0.3 is 10.4 Å². The monoisotopic (exact) mass is 176 g/mol. The molecule has 0 saturated carbocycles. The largest absolute Gasteiger partial charge is 0.374 e. The predicted molar refractivity (Wildman–Crippen MR) is 51.4 cm³/mol. The van der Waals surface area contributed by atoms with Gasteiger partial charge in [-0.1, -0.05) is 30.3 Å². The molecule has 0 radical (unpaired) electrons. The van der Waals surface area contributed by atoms with E-state index in [2.05, 4.69) is 10.3 Å². The number of hydrogen-bond acceptors (Lipinski definition) is 3. The van der Waals surface area contributed by atoms with Crippen molar-refractivity contribution in [2.75, 3.05) is 0 Å². The van der Waals surface area contributed by atoms with Crippen molar-refractivity contribution in [3.8, 4) is 0 Å². The van der Waals surface area contributed by atoms with Crippen LogP contribution in [0.4, 0.5) is 0 Å². The Bertz CT molecular complexity index is 297. The number of nitrogens with zero attached hydrogens (tertiary/aromatic N) is 1. The molecule has 3 nitrogen and oxygen atoms in total. The Morgan fingerprint density at radius 1 is 1.31 bits per heavy atom. The molecule has 0 aliphatic carbocycles. The van der Waals surface area contributed by atoms with Gasteiger partial charge in [0.25, 0.3) is 0 Å². The maximum Gasteiger partial charge on any atom is 0.127 e. The van der Waals surface area contributed by atoms with Gasteiger partial charge in [0.2, 0.25) is 0 Å². The highest BCUT2D eigenvalue weighted by molar-refractivity contribution is 5.56. The molecule has 2 rings (SSSR count). The Balaban J connectivity index is 2.18. The van der Waals surface area contributed by atoms with Crippen LogP contribution in [-0.2, 0) is 0 Å². The van der Waals surface area contributed by atoms with Gasteiger partial charge in [0.05, 0.1) is 12.4 Å². The third-order valence-corrected chi connectivity index (χ3v) is 2.15. The van der Waals surface area contributed by atoms with E-state index in [1.54, 1.807) is 6.34 Å². The minimum absolute atomic E-state index is 0.0949. The molecule has 0 spiro atoms. The summed E-state index contributed by atoms with van der Waals surface area (Å²) in [7, 11) is 0. The van der Waals surface area contributed by atoms with E-state index in [0.717, 1.165) is 5.56 Å². The van der Waals surface area contributed by atoms with Crippen LogP contribution < -0.4 is 5.32 Å². The molecule has 2 N–H and O–H groups in total. The van der Waals surface area contributed by atoms with Gasteiger partial charge in [0.1, 0.15) is 6.23 Å². The minimum Gasteiger partial charge on any atom is -0.374 e. The van der Waals surface area contributed by atoms with Crippen LogP contribution in [0.25, 0.3) is 0 Å². The molecular weight excluding hydrogens is 164 g/mol. The smallest absolute Gasteiger partial charge is 0.127 e. The van der Waals surface area contributed by atoms with E-state index in [0.29, 0.717) is 6.42 Å². The number of benzene rings is 1. The van der Waals surface area contributed by atoms with Crippen molar-refractivity contribution in [3.63, 3.8) is 0 Å². The van der Waals surface area contributed by atoms with E-state index in [1.165, 1.54) is 0 Å². The summed E-state index contributed by atoms with van der Waals surface area (Å²) in [6.07, 6.45) is 1.74.